The van der Waals surface area contributed by atoms with Gasteiger partial charge in [0.15, 0.2) is 0 Å². The second kappa shape index (κ2) is 6.11. The van der Waals surface area contributed by atoms with Gasteiger partial charge < -0.3 is 5.32 Å². The van der Waals surface area contributed by atoms with Crippen molar-refractivity contribution in [2.24, 2.45) is 0 Å². The average molecular weight is 301 g/mol. The van der Waals surface area contributed by atoms with Crippen molar-refractivity contribution in [1.29, 1.82) is 0 Å². The van der Waals surface area contributed by atoms with Crippen molar-refractivity contribution in [2.45, 2.75) is 24.0 Å². The third-order valence-electron chi connectivity index (χ3n) is 2.94. The number of sulfonamides is 1. The number of hydrogen-bond donors (Lipinski definition) is 1. The third kappa shape index (κ3) is 3.21. The first kappa shape index (κ1) is 14.6. The van der Waals surface area contributed by atoms with Gasteiger partial charge in [0.1, 0.15) is 10.7 Å². The van der Waals surface area contributed by atoms with E-state index in [-0.39, 0.29) is 4.90 Å². The number of nitrogens with zero attached hydrogens (tertiary/aromatic N) is 2. The van der Waals surface area contributed by atoms with Crippen LogP contribution in [0.3, 0.4) is 0 Å². The van der Waals surface area contributed by atoms with Gasteiger partial charge in [0.2, 0.25) is 10.0 Å². The minimum absolute atomic E-state index is 0.274. The first-order chi connectivity index (χ1) is 9.05. The summed E-state index contributed by atoms with van der Waals surface area (Å²) < 4.78 is 26.9. The summed E-state index contributed by atoms with van der Waals surface area (Å²) in [5.74, 6) is 1.29. The van der Waals surface area contributed by atoms with Crippen LogP contribution in [0.15, 0.2) is 23.2 Å². The van der Waals surface area contributed by atoms with Crippen molar-refractivity contribution in [3.05, 3.63) is 18.3 Å². The largest absolute Gasteiger partial charge is 0.369 e. The number of thioether (sulfide) groups is 1. The van der Waals surface area contributed by atoms with Crippen molar-refractivity contribution < 1.29 is 8.42 Å². The van der Waals surface area contributed by atoms with Gasteiger partial charge in [-0.2, -0.15) is 16.1 Å². The zero-order valence-corrected chi connectivity index (χ0v) is 12.8. The fourth-order valence-electron chi connectivity index (χ4n) is 2.04. The summed E-state index contributed by atoms with van der Waals surface area (Å²) in [4.78, 5) is 4.40. The predicted octanol–water partition coefficient (Wildman–Crippen LogP) is 1.64. The van der Waals surface area contributed by atoms with E-state index in [1.54, 1.807) is 22.6 Å². The van der Waals surface area contributed by atoms with Gasteiger partial charge in [0.05, 0.1) is 0 Å². The van der Waals surface area contributed by atoms with Crippen LogP contribution in [0, 0.1) is 0 Å². The third-order valence-corrected chi connectivity index (χ3v) is 5.97. The summed E-state index contributed by atoms with van der Waals surface area (Å²) in [5, 5.41) is 3.35. The lowest BCUT2D eigenvalue weighted by Crippen LogP contribution is -2.41. The quantitative estimate of drug-likeness (QED) is 0.916. The Labute approximate surface area is 118 Å². The molecule has 0 spiro atoms. The molecule has 1 aromatic heterocycles. The van der Waals surface area contributed by atoms with E-state index in [1.807, 2.05) is 18.7 Å². The molecule has 1 aromatic rings. The zero-order chi connectivity index (χ0) is 13.9. The second-order valence-corrected chi connectivity index (χ2v) is 7.88. The number of hydrogen-bond acceptors (Lipinski definition) is 5. The molecule has 1 fully saturated rings. The Kier molecular flexibility index (Phi) is 4.70. The van der Waals surface area contributed by atoms with Crippen LogP contribution < -0.4 is 5.32 Å². The highest BCUT2D eigenvalue weighted by Gasteiger charge is 2.30. The van der Waals surface area contributed by atoms with E-state index in [9.17, 15) is 8.42 Å². The average Bonchev–Trinajstić information content (AvgIpc) is 2.39. The van der Waals surface area contributed by atoms with Gasteiger partial charge in [-0.25, -0.2) is 13.4 Å². The molecule has 2 heterocycles. The van der Waals surface area contributed by atoms with Gasteiger partial charge in [0, 0.05) is 36.8 Å². The highest BCUT2D eigenvalue weighted by Crippen LogP contribution is 2.27. The Morgan fingerprint density at radius 2 is 2.37 bits per heavy atom. The summed E-state index contributed by atoms with van der Waals surface area (Å²) in [6, 6.07) is 3.28. The Hall–Kier alpha value is -0.790. The van der Waals surface area contributed by atoms with Crippen LogP contribution in [-0.4, -0.2) is 48.3 Å². The number of nitrogens with one attached hydrogen (secondary N) is 1. The molecule has 0 radical (unpaired) electrons. The maximum Gasteiger partial charge on any atom is 0.246 e. The van der Waals surface area contributed by atoms with Gasteiger partial charge >= 0.3 is 0 Å². The topological polar surface area (TPSA) is 62.3 Å². The van der Waals surface area contributed by atoms with Gasteiger partial charge in [-0.15, -0.1) is 0 Å². The fourth-order valence-corrected chi connectivity index (χ4v) is 4.92. The smallest absolute Gasteiger partial charge is 0.246 e. The van der Waals surface area contributed by atoms with Gasteiger partial charge in [-0.3, -0.25) is 0 Å². The zero-order valence-electron chi connectivity index (χ0n) is 11.2. The molecule has 0 aliphatic carbocycles. The molecule has 1 saturated heterocycles. The Bertz CT molecular complexity index is 534. The lowest BCUT2D eigenvalue weighted by Gasteiger charge is -2.30. The maximum atomic E-state index is 12.7. The van der Waals surface area contributed by atoms with Crippen molar-refractivity contribution in [3.63, 3.8) is 0 Å². The molecule has 1 aliphatic heterocycles. The number of anilines is 1. The van der Waals surface area contributed by atoms with Crippen molar-refractivity contribution in [1.82, 2.24) is 9.29 Å². The number of pyridine rings is 1. The molecular formula is C12H19N3O2S2. The predicted molar refractivity (Wildman–Crippen MR) is 79.1 cm³/mol. The molecule has 0 bridgehead atoms. The first-order valence-corrected chi connectivity index (χ1v) is 8.85. The molecular weight excluding hydrogens is 282 g/mol. The van der Waals surface area contributed by atoms with E-state index in [0.717, 1.165) is 5.75 Å². The van der Waals surface area contributed by atoms with E-state index in [4.69, 9.17) is 0 Å². The van der Waals surface area contributed by atoms with Crippen LogP contribution in [0.2, 0.25) is 0 Å². The fraction of sp³-hybridized carbons (Fsp3) is 0.583. The van der Waals surface area contributed by atoms with E-state index < -0.39 is 10.0 Å². The van der Waals surface area contributed by atoms with Crippen molar-refractivity contribution in [2.75, 3.05) is 30.7 Å². The van der Waals surface area contributed by atoms with Crippen molar-refractivity contribution in [3.8, 4) is 0 Å². The minimum atomic E-state index is -3.45. The van der Waals surface area contributed by atoms with Gasteiger partial charge in [0.25, 0.3) is 0 Å². The van der Waals surface area contributed by atoms with Gasteiger partial charge in [-0.1, -0.05) is 6.92 Å². The summed E-state index contributed by atoms with van der Waals surface area (Å²) in [5.41, 5.74) is 0. The molecule has 2 rings (SSSR count). The molecule has 5 nitrogen and oxygen atoms in total. The van der Waals surface area contributed by atoms with E-state index in [1.165, 1.54) is 0 Å². The van der Waals surface area contributed by atoms with E-state index in [0.29, 0.717) is 30.7 Å². The molecule has 1 aliphatic rings. The van der Waals surface area contributed by atoms with E-state index in [2.05, 4.69) is 17.2 Å². The highest BCUT2D eigenvalue weighted by atomic mass is 32.2. The Morgan fingerprint density at radius 3 is 3.05 bits per heavy atom. The Balaban J connectivity index is 2.33. The molecule has 19 heavy (non-hydrogen) atoms. The maximum absolute atomic E-state index is 12.7. The van der Waals surface area contributed by atoms with Crippen LogP contribution in [0.5, 0.6) is 0 Å². The lowest BCUT2D eigenvalue weighted by molar-refractivity contribution is 0.424. The summed E-state index contributed by atoms with van der Waals surface area (Å²) in [6.45, 7) is 5.75. The second-order valence-electron chi connectivity index (χ2n) is 4.42. The summed E-state index contributed by atoms with van der Waals surface area (Å²) in [7, 11) is -3.45. The van der Waals surface area contributed by atoms with Crippen molar-refractivity contribution >= 4 is 27.6 Å². The van der Waals surface area contributed by atoms with Crippen LogP contribution in [-0.2, 0) is 10.0 Å². The monoisotopic (exact) mass is 301 g/mol. The van der Waals surface area contributed by atoms with Crippen LogP contribution in [0.25, 0.3) is 0 Å². The number of aromatic nitrogens is 1. The van der Waals surface area contributed by atoms with E-state index >= 15 is 0 Å². The molecule has 1 atom stereocenters. The summed E-state index contributed by atoms with van der Waals surface area (Å²) >= 11 is 1.81. The summed E-state index contributed by atoms with van der Waals surface area (Å²) in [6.07, 6.45) is 1.60. The molecule has 106 valence electrons. The normalized spacial score (nSPS) is 21.3. The molecule has 7 heteroatoms. The lowest BCUT2D eigenvalue weighted by atomic mass is 10.4. The molecule has 0 aromatic carbocycles. The standard InChI is InChI=1S/C12H19N3O2S2/c1-3-13-12-11(5-4-6-14-12)19(16,17)15-7-8-18-10(2)9-15/h4-6,10H,3,7-9H2,1-2H3,(H,13,14). The number of rotatable bonds is 4. The molecule has 0 amide bonds. The molecule has 1 N–H and O–H groups in total. The van der Waals surface area contributed by atoms with Crippen LogP contribution in [0.1, 0.15) is 13.8 Å². The first-order valence-electron chi connectivity index (χ1n) is 6.36. The van der Waals surface area contributed by atoms with Crippen LogP contribution in [0.4, 0.5) is 5.82 Å². The molecule has 0 saturated carbocycles. The SMILES string of the molecule is CCNc1ncccc1S(=O)(=O)N1CCSC(C)C1. The highest BCUT2D eigenvalue weighted by molar-refractivity contribution is 8.00. The van der Waals surface area contributed by atoms with Crippen LogP contribution >= 0.6 is 11.8 Å². The molecule has 1 unspecified atom stereocenters. The van der Waals surface area contributed by atoms with Gasteiger partial charge in [-0.05, 0) is 19.1 Å². The Morgan fingerprint density at radius 1 is 1.58 bits per heavy atom. The minimum Gasteiger partial charge on any atom is -0.369 e.